The summed E-state index contributed by atoms with van der Waals surface area (Å²) in [7, 11) is 3.63. The van der Waals surface area contributed by atoms with E-state index in [9.17, 15) is 19.6 Å². The number of carbonyl (C=O) groups is 3. The fraction of sp³-hybridized carbons (Fsp3) is 0.304. The zero-order valence-corrected chi connectivity index (χ0v) is 16.8. The molecule has 0 bridgehead atoms. The first-order valence-corrected chi connectivity index (χ1v) is 9.33. The summed E-state index contributed by atoms with van der Waals surface area (Å²) in [5.41, 5.74) is 0.897. The third kappa shape index (κ3) is 3.41. The Labute approximate surface area is 174 Å². The van der Waals surface area contributed by atoms with Gasteiger partial charge in [-0.15, -0.1) is 0 Å². The first-order chi connectivity index (χ1) is 14.5. The molecule has 0 aromatic rings. The van der Waals surface area contributed by atoms with Crippen molar-refractivity contribution in [3.8, 4) is 6.07 Å². The molecule has 7 heteroatoms. The van der Waals surface area contributed by atoms with Crippen LogP contribution in [0.4, 0.5) is 0 Å². The van der Waals surface area contributed by atoms with E-state index in [0.29, 0.717) is 11.1 Å². The molecule has 0 aromatic carbocycles. The minimum Gasteiger partial charge on any atom is -0.465 e. The van der Waals surface area contributed by atoms with Gasteiger partial charge in [-0.05, 0) is 11.1 Å². The largest absolute Gasteiger partial charge is 0.465 e. The van der Waals surface area contributed by atoms with Gasteiger partial charge in [0.1, 0.15) is 17.2 Å². The molecule has 1 saturated carbocycles. The topological polar surface area (TPSA) is 103 Å². The van der Waals surface area contributed by atoms with E-state index >= 15 is 0 Å². The number of allylic oxidation sites excluding steroid dienone is 10. The van der Waals surface area contributed by atoms with Gasteiger partial charge in [-0.25, -0.2) is 14.4 Å². The highest BCUT2D eigenvalue weighted by Gasteiger charge is 2.47. The fourth-order valence-electron chi connectivity index (χ4n) is 4.37. The molecule has 7 nitrogen and oxygen atoms in total. The molecular formula is C23H21NO6. The summed E-state index contributed by atoms with van der Waals surface area (Å²) in [4.78, 5) is 37.5. The van der Waals surface area contributed by atoms with Crippen LogP contribution in [-0.2, 0) is 28.6 Å². The van der Waals surface area contributed by atoms with Crippen molar-refractivity contribution in [3.63, 3.8) is 0 Å². The quantitative estimate of drug-likeness (QED) is 0.177. The number of fused-ring (bicyclic) bond motifs is 2. The maximum absolute atomic E-state index is 12.6. The average Bonchev–Trinajstić information content (AvgIpc) is 2.79. The second-order valence-electron chi connectivity index (χ2n) is 6.89. The van der Waals surface area contributed by atoms with Gasteiger partial charge in [0, 0.05) is 23.7 Å². The maximum atomic E-state index is 12.6. The number of methoxy groups -OCH3 is 3. The third-order valence-corrected chi connectivity index (χ3v) is 5.56. The Kier molecular flexibility index (Phi) is 6.17. The zero-order chi connectivity index (χ0) is 21.8. The normalized spacial score (nSPS) is 25.5. The molecule has 3 aliphatic rings. The smallest absolute Gasteiger partial charge is 0.348 e. The van der Waals surface area contributed by atoms with E-state index in [-0.39, 0.29) is 11.1 Å². The molecule has 30 heavy (non-hydrogen) atoms. The molecule has 0 aliphatic heterocycles. The van der Waals surface area contributed by atoms with Crippen molar-refractivity contribution < 1.29 is 28.6 Å². The van der Waals surface area contributed by atoms with E-state index in [0.717, 1.165) is 0 Å². The lowest BCUT2D eigenvalue weighted by Crippen LogP contribution is -2.39. The molecule has 0 spiro atoms. The Morgan fingerprint density at radius 1 is 0.700 bits per heavy atom. The monoisotopic (exact) mass is 407 g/mol. The highest BCUT2D eigenvalue weighted by Crippen LogP contribution is 2.52. The minimum atomic E-state index is -0.791. The molecule has 0 N–H and O–H groups in total. The van der Waals surface area contributed by atoms with Crippen LogP contribution < -0.4 is 0 Å². The van der Waals surface area contributed by atoms with Crippen LogP contribution in [0.25, 0.3) is 0 Å². The van der Waals surface area contributed by atoms with Gasteiger partial charge >= 0.3 is 17.9 Å². The Morgan fingerprint density at radius 3 is 1.40 bits per heavy atom. The second-order valence-corrected chi connectivity index (χ2v) is 6.89. The van der Waals surface area contributed by atoms with Crippen LogP contribution in [-0.4, -0.2) is 39.2 Å². The van der Waals surface area contributed by atoms with Gasteiger partial charge in [-0.1, -0.05) is 48.6 Å². The van der Waals surface area contributed by atoms with Crippen molar-refractivity contribution in [2.45, 2.75) is 0 Å². The summed E-state index contributed by atoms with van der Waals surface area (Å²) in [5.74, 6) is -4.01. The molecule has 3 rings (SSSR count). The lowest BCUT2D eigenvalue weighted by atomic mass is 9.58. The van der Waals surface area contributed by atoms with E-state index in [1.165, 1.54) is 21.3 Å². The summed E-state index contributed by atoms with van der Waals surface area (Å²) >= 11 is 0. The predicted octanol–water partition coefficient (Wildman–Crippen LogP) is 2.35. The number of hydrogen-bond donors (Lipinski definition) is 0. The molecule has 154 valence electrons. The lowest BCUT2D eigenvalue weighted by Gasteiger charge is -2.44. The summed E-state index contributed by atoms with van der Waals surface area (Å²) in [6.07, 6.45) is 14.6. The van der Waals surface area contributed by atoms with Crippen molar-refractivity contribution in [1.29, 1.82) is 5.26 Å². The Balaban J connectivity index is 2.36. The number of carbonyl (C=O) groups excluding carboxylic acids is 3. The van der Waals surface area contributed by atoms with Crippen LogP contribution in [0.3, 0.4) is 0 Å². The van der Waals surface area contributed by atoms with Crippen molar-refractivity contribution in [1.82, 2.24) is 0 Å². The van der Waals surface area contributed by atoms with E-state index in [1.807, 2.05) is 42.5 Å². The standard InChI is InChI=1S/C23H21NO6/c1-28-21(25)17(12-24)18-13-8-4-6-10-15(13)19(16-11-7-5-9-14(16)18)20(22(26)29-2)23(27)30-3/h4-11,13-16H,1-3H3. The third-order valence-electron chi connectivity index (χ3n) is 5.56. The zero-order valence-electron chi connectivity index (χ0n) is 16.8. The van der Waals surface area contributed by atoms with Crippen LogP contribution in [0.1, 0.15) is 0 Å². The summed E-state index contributed by atoms with van der Waals surface area (Å²) in [6.45, 7) is 0. The molecular weight excluding hydrogens is 386 g/mol. The van der Waals surface area contributed by atoms with Crippen molar-refractivity contribution in [2.75, 3.05) is 21.3 Å². The molecule has 0 amide bonds. The molecule has 1 fully saturated rings. The molecule has 0 saturated heterocycles. The van der Waals surface area contributed by atoms with Gasteiger partial charge in [-0.3, -0.25) is 0 Å². The Morgan fingerprint density at radius 2 is 1.07 bits per heavy atom. The lowest BCUT2D eigenvalue weighted by molar-refractivity contribution is -0.144. The molecule has 0 aromatic heterocycles. The number of ether oxygens (including phenoxy) is 3. The van der Waals surface area contributed by atoms with E-state index in [4.69, 9.17) is 14.2 Å². The van der Waals surface area contributed by atoms with Gasteiger partial charge < -0.3 is 14.2 Å². The molecule has 3 aliphatic carbocycles. The summed E-state index contributed by atoms with van der Waals surface area (Å²) in [6, 6.07) is 1.99. The van der Waals surface area contributed by atoms with Gasteiger partial charge in [0.25, 0.3) is 0 Å². The number of esters is 3. The Bertz CT molecular complexity index is 943. The molecule has 0 radical (unpaired) electrons. The van der Waals surface area contributed by atoms with Gasteiger partial charge in [0.05, 0.1) is 21.3 Å². The van der Waals surface area contributed by atoms with Crippen LogP contribution in [0, 0.1) is 35.0 Å². The molecule has 0 heterocycles. The number of nitriles is 1. The summed E-state index contributed by atoms with van der Waals surface area (Å²) in [5, 5.41) is 9.73. The van der Waals surface area contributed by atoms with Crippen molar-refractivity contribution in [3.05, 3.63) is 70.9 Å². The number of nitrogens with zero attached hydrogens (tertiary/aromatic N) is 1. The average molecular weight is 407 g/mol. The van der Waals surface area contributed by atoms with Crippen LogP contribution in [0.2, 0.25) is 0 Å². The van der Waals surface area contributed by atoms with Gasteiger partial charge in [-0.2, -0.15) is 5.26 Å². The number of rotatable bonds is 3. The highest BCUT2D eigenvalue weighted by molar-refractivity contribution is 6.15. The molecule has 4 unspecified atom stereocenters. The van der Waals surface area contributed by atoms with Gasteiger partial charge in [0.15, 0.2) is 0 Å². The SMILES string of the molecule is COC(=O)C(C#N)=C1C2C=CC=CC2C(=C(C(=O)OC)C(=O)OC)C2C=CC=CC12. The highest BCUT2D eigenvalue weighted by atomic mass is 16.5. The Hall–Kier alpha value is -3.66. The minimum absolute atomic E-state index is 0.0702. The van der Waals surface area contributed by atoms with Gasteiger partial charge in [0.2, 0.25) is 0 Å². The van der Waals surface area contributed by atoms with E-state index in [2.05, 4.69) is 0 Å². The van der Waals surface area contributed by atoms with Crippen LogP contribution in [0.15, 0.2) is 70.9 Å². The van der Waals surface area contributed by atoms with Crippen LogP contribution in [0.5, 0.6) is 0 Å². The summed E-state index contributed by atoms with van der Waals surface area (Å²) < 4.78 is 14.6. The maximum Gasteiger partial charge on any atom is 0.348 e. The predicted molar refractivity (Wildman–Crippen MR) is 106 cm³/mol. The number of hydrogen-bond acceptors (Lipinski definition) is 7. The van der Waals surface area contributed by atoms with E-state index < -0.39 is 41.6 Å². The van der Waals surface area contributed by atoms with Crippen molar-refractivity contribution >= 4 is 17.9 Å². The van der Waals surface area contributed by atoms with E-state index in [1.54, 1.807) is 12.2 Å². The molecule has 4 atom stereocenters. The fourth-order valence-corrected chi connectivity index (χ4v) is 4.37. The van der Waals surface area contributed by atoms with Crippen molar-refractivity contribution in [2.24, 2.45) is 23.7 Å². The van der Waals surface area contributed by atoms with Crippen LogP contribution >= 0.6 is 0 Å². The first-order valence-electron chi connectivity index (χ1n) is 9.33. The first kappa shape index (κ1) is 21.1. The second kappa shape index (κ2) is 8.78.